The zero-order valence-corrected chi connectivity index (χ0v) is 14.6. The Morgan fingerprint density at radius 3 is 2.79 bits per heavy atom. The number of halogens is 2. The number of hydrogen-bond acceptors (Lipinski definition) is 4. The molecule has 1 aliphatic heterocycles. The van der Waals surface area contributed by atoms with Crippen molar-refractivity contribution >= 4 is 35.1 Å². The molecule has 6 nitrogen and oxygen atoms in total. The molecule has 1 heterocycles. The summed E-state index contributed by atoms with van der Waals surface area (Å²) in [5, 5.41) is 15.6. The Bertz CT molecular complexity index is 597. The molecule has 1 aliphatic rings. The molecule has 132 valence electrons. The topological polar surface area (TPSA) is 87.7 Å². The average Bonchev–Trinajstić information content (AvgIpc) is 2.79. The molecule has 1 aromatic carbocycles. The van der Waals surface area contributed by atoms with E-state index in [-0.39, 0.29) is 30.8 Å². The lowest BCUT2D eigenvalue weighted by molar-refractivity contribution is -0.138. The lowest BCUT2D eigenvalue weighted by atomic mass is 9.95. The highest BCUT2D eigenvalue weighted by Gasteiger charge is 2.27. The Hall–Kier alpha value is -1.34. The molecule has 3 N–H and O–H groups in total. The van der Waals surface area contributed by atoms with Crippen molar-refractivity contribution in [1.29, 1.82) is 0 Å². The van der Waals surface area contributed by atoms with Crippen LogP contribution in [-0.2, 0) is 14.3 Å². The molecule has 1 aromatic rings. The minimum atomic E-state index is -0.988. The van der Waals surface area contributed by atoms with E-state index in [4.69, 9.17) is 33.0 Å². The highest BCUT2D eigenvalue weighted by atomic mass is 35.5. The molecule has 1 amide bonds. The van der Waals surface area contributed by atoms with Crippen molar-refractivity contribution in [3.63, 3.8) is 0 Å². The lowest BCUT2D eigenvalue weighted by Gasteiger charge is -2.25. The fraction of sp³-hybridized carbons (Fsp3) is 0.500. The summed E-state index contributed by atoms with van der Waals surface area (Å²) in [5.74, 6) is -1.27. The number of aliphatic carboxylic acids is 1. The highest BCUT2D eigenvalue weighted by molar-refractivity contribution is 6.42. The van der Waals surface area contributed by atoms with Gasteiger partial charge in [-0.25, -0.2) is 0 Å². The minimum Gasteiger partial charge on any atom is -0.481 e. The second kappa shape index (κ2) is 9.22. The quantitative estimate of drug-likeness (QED) is 0.710. The van der Waals surface area contributed by atoms with Crippen molar-refractivity contribution in [1.82, 2.24) is 10.6 Å². The van der Waals surface area contributed by atoms with Gasteiger partial charge in [-0.3, -0.25) is 9.59 Å². The summed E-state index contributed by atoms with van der Waals surface area (Å²) < 4.78 is 5.92. The molecule has 0 spiro atoms. The van der Waals surface area contributed by atoms with Gasteiger partial charge in [0.05, 0.1) is 29.2 Å². The van der Waals surface area contributed by atoms with Gasteiger partial charge in [0.2, 0.25) is 5.91 Å². The van der Waals surface area contributed by atoms with Crippen molar-refractivity contribution in [2.24, 2.45) is 5.92 Å². The molecule has 2 rings (SSSR count). The van der Waals surface area contributed by atoms with Crippen LogP contribution >= 0.6 is 23.2 Å². The predicted octanol–water partition coefficient (Wildman–Crippen LogP) is 2.25. The van der Waals surface area contributed by atoms with Gasteiger partial charge in [0.15, 0.2) is 0 Å². The van der Waals surface area contributed by atoms with Crippen molar-refractivity contribution in [3.05, 3.63) is 33.8 Å². The maximum Gasteiger partial charge on any atom is 0.303 e. The lowest BCUT2D eigenvalue weighted by Crippen LogP contribution is -2.36. The van der Waals surface area contributed by atoms with Crippen molar-refractivity contribution in [2.75, 3.05) is 26.2 Å². The fourth-order valence-electron chi connectivity index (χ4n) is 2.58. The predicted molar refractivity (Wildman–Crippen MR) is 91.4 cm³/mol. The molecular formula is C16H20Cl2N2O4. The fourth-order valence-corrected chi connectivity index (χ4v) is 2.89. The van der Waals surface area contributed by atoms with E-state index in [0.29, 0.717) is 29.7 Å². The van der Waals surface area contributed by atoms with E-state index in [1.807, 2.05) is 6.07 Å². The first-order valence-electron chi connectivity index (χ1n) is 7.73. The molecule has 0 radical (unpaired) electrons. The number of rotatable bonds is 6. The molecule has 0 aliphatic carbocycles. The Morgan fingerprint density at radius 1 is 1.29 bits per heavy atom. The first kappa shape index (κ1) is 19.0. The van der Waals surface area contributed by atoms with Crippen LogP contribution in [-0.4, -0.2) is 43.2 Å². The van der Waals surface area contributed by atoms with Crippen LogP contribution in [0.1, 0.15) is 24.5 Å². The molecule has 1 fully saturated rings. The van der Waals surface area contributed by atoms with E-state index in [1.54, 1.807) is 12.1 Å². The summed E-state index contributed by atoms with van der Waals surface area (Å²) in [6.07, 6.45) is -0.440. The Morgan fingerprint density at radius 2 is 2.08 bits per heavy atom. The minimum absolute atomic E-state index is 0.00137. The zero-order chi connectivity index (χ0) is 17.5. The van der Waals surface area contributed by atoms with Gasteiger partial charge >= 0.3 is 5.97 Å². The smallest absolute Gasteiger partial charge is 0.303 e. The monoisotopic (exact) mass is 374 g/mol. The number of carbonyl (C=O) groups is 2. The normalized spacial score (nSPS) is 21.1. The number of carboxylic acid groups (broad SMARTS) is 1. The molecule has 0 bridgehead atoms. The van der Waals surface area contributed by atoms with Gasteiger partial charge in [0.1, 0.15) is 0 Å². The number of hydrogen-bond donors (Lipinski definition) is 3. The zero-order valence-electron chi connectivity index (χ0n) is 13.1. The molecule has 8 heteroatoms. The van der Waals surface area contributed by atoms with Gasteiger partial charge in [-0.2, -0.15) is 0 Å². The molecule has 2 atom stereocenters. The van der Waals surface area contributed by atoms with Crippen LogP contribution < -0.4 is 10.6 Å². The van der Waals surface area contributed by atoms with Crippen LogP contribution in [0.4, 0.5) is 0 Å². The van der Waals surface area contributed by atoms with Gasteiger partial charge in [-0.1, -0.05) is 29.3 Å². The van der Waals surface area contributed by atoms with Crippen LogP contribution in [0.15, 0.2) is 18.2 Å². The van der Waals surface area contributed by atoms with Gasteiger partial charge < -0.3 is 20.5 Å². The average molecular weight is 375 g/mol. The maximum atomic E-state index is 11.7. The summed E-state index contributed by atoms with van der Waals surface area (Å²) in [6, 6.07) is 5.37. The van der Waals surface area contributed by atoms with Gasteiger partial charge in [0.25, 0.3) is 0 Å². The van der Waals surface area contributed by atoms with Gasteiger partial charge in [-0.05, 0) is 17.7 Å². The number of ether oxygens (including phenoxy) is 1. The van der Waals surface area contributed by atoms with Crippen LogP contribution in [0.5, 0.6) is 0 Å². The third-order valence-electron chi connectivity index (χ3n) is 3.81. The van der Waals surface area contributed by atoms with Crippen molar-refractivity contribution in [2.45, 2.75) is 18.9 Å². The van der Waals surface area contributed by atoms with E-state index in [2.05, 4.69) is 10.6 Å². The highest BCUT2D eigenvalue weighted by Crippen LogP contribution is 2.31. The van der Waals surface area contributed by atoms with E-state index in [9.17, 15) is 9.59 Å². The van der Waals surface area contributed by atoms with Gasteiger partial charge in [0, 0.05) is 32.0 Å². The Balaban J connectivity index is 2.02. The van der Waals surface area contributed by atoms with Crippen LogP contribution in [0.25, 0.3) is 0 Å². The first-order valence-corrected chi connectivity index (χ1v) is 8.48. The second-order valence-electron chi connectivity index (χ2n) is 5.63. The third kappa shape index (κ3) is 5.63. The summed E-state index contributed by atoms with van der Waals surface area (Å²) >= 11 is 12.1. The molecular weight excluding hydrogens is 355 g/mol. The molecule has 24 heavy (non-hydrogen) atoms. The summed E-state index contributed by atoms with van der Waals surface area (Å²) in [7, 11) is 0. The number of benzene rings is 1. The van der Waals surface area contributed by atoms with Crippen molar-refractivity contribution < 1.29 is 19.4 Å². The van der Waals surface area contributed by atoms with Crippen LogP contribution in [0.3, 0.4) is 0 Å². The number of carboxylic acids is 1. The number of carbonyl (C=O) groups excluding carboxylic acids is 1. The van der Waals surface area contributed by atoms with E-state index in [0.717, 1.165) is 12.1 Å². The molecule has 0 aromatic heterocycles. The van der Waals surface area contributed by atoms with Crippen molar-refractivity contribution in [3.8, 4) is 0 Å². The van der Waals surface area contributed by atoms with Crippen LogP contribution in [0.2, 0.25) is 10.0 Å². The molecule has 1 saturated heterocycles. The van der Waals surface area contributed by atoms with E-state index < -0.39 is 5.97 Å². The summed E-state index contributed by atoms with van der Waals surface area (Å²) in [4.78, 5) is 22.3. The van der Waals surface area contributed by atoms with Crippen LogP contribution in [0, 0.1) is 5.92 Å². The van der Waals surface area contributed by atoms with E-state index >= 15 is 0 Å². The molecule has 0 saturated carbocycles. The summed E-state index contributed by atoms with van der Waals surface area (Å²) in [6.45, 7) is 2.33. The SMILES string of the molecule is O=C(O)CCC(=O)NC[C@@H]1CNCCO[C@H]1c1ccc(Cl)c(Cl)c1. The maximum absolute atomic E-state index is 11.7. The Kier molecular flexibility index (Phi) is 7.30. The standard InChI is InChI=1S/C16H20Cl2N2O4/c17-12-2-1-10(7-13(12)18)16-11(8-19-5-6-24-16)9-20-14(21)3-4-15(22)23/h1-2,7,11,16,19H,3-6,8-9H2,(H,20,21)(H,22,23)/t11-,16-/m0/s1. The van der Waals surface area contributed by atoms with E-state index in [1.165, 1.54) is 0 Å². The second-order valence-corrected chi connectivity index (χ2v) is 6.44. The van der Waals surface area contributed by atoms with Gasteiger partial charge in [-0.15, -0.1) is 0 Å². The first-order chi connectivity index (χ1) is 11.5. The number of amides is 1. The third-order valence-corrected chi connectivity index (χ3v) is 4.55. The number of nitrogens with one attached hydrogen (secondary N) is 2. The Labute approximate surface area is 150 Å². The largest absolute Gasteiger partial charge is 0.481 e. The molecule has 0 unspecified atom stereocenters. The summed E-state index contributed by atoms with van der Waals surface area (Å²) in [5.41, 5.74) is 0.901.